The fraction of sp³-hybridized carbons (Fsp3) is 0.464. The number of methoxy groups -OCH3 is 1. The molecule has 2 aromatic rings. The summed E-state index contributed by atoms with van der Waals surface area (Å²) in [5.74, 6) is -0.807. The number of hydrogen-bond donors (Lipinski definition) is 0. The van der Waals surface area contributed by atoms with E-state index < -0.39 is 0 Å². The van der Waals surface area contributed by atoms with Gasteiger partial charge in [0.1, 0.15) is 5.82 Å². The van der Waals surface area contributed by atoms with E-state index in [1.165, 1.54) is 17.0 Å². The molecule has 2 aromatic carbocycles. The Bertz CT molecular complexity index is 1160. The Morgan fingerprint density at radius 1 is 0.973 bits per heavy atom. The maximum Gasteiger partial charge on any atom is 0.263 e. The van der Waals surface area contributed by atoms with Gasteiger partial charge < -0.3 is 19.4 Å². The summed E-state index contributed by atoms with van der Waals surface area (Å²) < 4.78 is 18.3. The van der Waals surface area contributed by atoms with Crippen LogP contribution >= 0.6 is 0 Å². The number of fused-ring (bicyclic) bond motifs is 1. The standard InChI is InChI=1S/C28H33FN4O4/c1-37-18-4-13-33-27(35)23-6-2-7-24(25(23)28(33)36)32-12-3-5-20(19-32)26(34)31-16-14-30(15-17-31)22-10-8-21(29)9-11-22/h2,6-11,20H,3-5,12-19H2,1H3/t20-/m1/s1. The van der Waals surface area contributed by atoms with Gasteiger partial charge in [-0.25, -0.2) is 4.39 Å². The average Bonchev–Trinajstić information content (AvgIpc) is 3.18. The fourth-order valence-corrected chi connectivity index (χ4v) is 5.64. The number of carbonyl (C=O) groups excluding carboxylic acids is 3. The van der Waals surface area contributed by atoms with Crippen LogP contribution in [0.3, 0.4) is 0 Å². The van der Waals surface area contributed by atoms with E-state index >= 15 is 0 Å². The van der Waals surface area contributed by atoms with Crippen LogP contribution in [0.5, 0.6) is 0 Å². The van der Waals surface area contributed by atoms with Gasteiger partial charge in [0.15, 0.2) is 0 Å². The van der Waals surface area contributed by atoms with Crippen molar-refractivity contribution in [2.75, 3.05) is 69.3 Å². The fourth-order valence-electron chi connectivity index (χ4n) is 5.64. The van der Waals surface area contributed by atoms with Gasteiger partial charge in [0.25, 0.3) is 11.8 Å². The minimum absolute atomic E-state index is 0.139. The van der Waals surface area contributed by atoms with E-state index in [0.29, 0.717) is 63.4 Å². The lowest BCUT2D eigenvalue weighted by Crippen LogP contribution is -2.52. The molecule has 5 rings (SSSR count). The first-order valence-electron chi connectivity index (χ1n) is 13.0. The van der Waals surface area contributed by atoms with Crippen LogP contribution in [0, 0.1) is 11.7 Å². The van der Waals surface area contributed by atoms with Crippen molar-refractivity contribution >= 4 is 29.1 Å². The zero-order valence-corrected chi connectivity index (χ0v) is 21.2. The molecule has 3 aliphatic heterocycles. The summed E-state index contributed by atoms with van der Waals surface area (Å²) in [7, 11) is 1.60. The van der Waals surface area contributed by atoms with Crippen molar-refractivity contribution in [2.24, 2.45) is 5.92 Å². The van der Waals surface area contributed by atoms with E-state index in [9.17, 15) is 18.8 Å². The SMILES string of the molecule is COCCCN1C(=O)c2cccc(N3CCC[C@@H](C(=O)N4CCN(c5ccc(F)cc5)CC4)C3)c2C1=O. The van der Waals surface area contributed by atoms with E-state index in [1.54, 1.807) is 25.3 Å². The maximum atomic E-state index is 13.5. The number of halogens is 1. The predicted molar refractivity (Wildman–Crippen MR) is 138 cm³/mol. The van der Waals surface area contributed by atoms with Gasteiger partial charge in [0, 0.05) is 65.2 Å². The quantitative estimate of drug-likeness (QED) is 0.423. The molecule has 0 aliphatic carbocycles. The van der Waals surface area contributed by atoms with Crippen LogP contribution in [0.25, 0.3) is 0 Å². The number of hydrogen-bond acceptors (Lipinski definition) is 6. The van der Waals surface area contributed by atoms with Gasteiger partial charge in [-0.1, -0.05) is 6.07 Å². The number of nitrogens with zero attached hydrogens (tertiary/aromatic N) is 4. The molecule has 0 bridgehead atoms. The molecule has 0 saturated carbocycles. The molecule has 2 saturated heterocycles. The van der Waals surface area contributed by atoms with Crippen molar-refractivity contribution in [1.29, 1.82) is 0 Å². The average molecular weight is 509 g/mol. The minimum atomic E-state index is -0.267. The highest BCUT2D eigenvalue weighted by molar-refractivity contribution is 6.23. The van der Waals surface area contributed by atoms with Gasteiger partial charge in [0.05, 0.1) is 22.7 Å². The topological polar surface area (TPSA) is 73.4 Å². The molecule has 0 unspecified atom stereocenters. The van der Waals surface area contributed by atoms with Crippen molar-refractivity contribution in [3.8, 4) is 0 Å². The second-order valence-corrected chi connectivity index (χ2v) is 9.88. The van der Waals surface area contributed by atoms with Crippen LogP contribution in [0.1, 0.15) is 40.0 Å². The van der Waals surface area contributed by atoms with Gasteiger partial charge >= 0.3 is 0 Å². The number of amides is 3. The van der Waals surface area contributed by atoms with Crippen LogP contribution in [0.15, 0.2) is 42.5 Å². The Morgan fingerprint density at radius 3 is 2.46 bits per heavy atom. The van der Waals surface area contributed by atoms with Crippen molar-refractivity contribution in [1.82, 2.24) is 9.80 Å². The first kappa shape index (κ1) is 25.2. The van der Waals surface area contributed by atoms with Gasteiger partial charge in [-0.05, 0) is 55.7 Å². The Kier molecular flexibility index (Phi) is 7.41. The number of ether oxygens (including phenoxy) is 1. The molecule has 0 spiro atoms. The summed E-state index contributed by atoms with van der Waals surface area (Å²) in [5.41, 5.74) is 2.59. The van der Waals surface area contributed by atoms with Crippen LogP contribution < -0.4 is 9.80 Å². The highest BCUT2D eigenvalue weighted by Crippen LogP contribution is 2.34. The second kappa shape index (κ2) is 10.9. The lowest BCUT2D eigenvalue weighted by Gasteiger charge is -2.40. The first-order chi connectivity index (χ1) is 18.0. The number of imide groups is 1. The largest absolute Gasteiger partial charge is 0.385 e. The van der Waals surface area contributed by atoms with Crippen molar-refractivity contribution in [2.45, 2.75) is 19.3 Å². The summed E-state index contributed by atoms with van der Waals surface area (Å²) in [6, 6.07) is 11.9. The van der Waals surface area contributed by atoms with Crippen molar-refractivity contribution < 1.29 is 23.5 Å². The van der Waals surface area contributed by atoms with Crippen molar-refractivity contribution in [3.63, 3.8) is 0 Å². The van der Waals surface area contributed by atoms with Gasteiger partial charge in [0.2, 0.25) is 5.91 Å². The second-order valence-electron chi connectivity index (χ2n) is 9.88. The van der Waals surface area contributed by atoms with Gasteiger partial charge in [-0.2, -0.15) is 0 Å². The summed E-state index contributed by atoms with van der Waals surface area (Å²) >= 11 is 0. The number of piperidine rings is 1. The highest BCUT2D eigenvalue weighted by atomic mass is 19.1. The van der Waals surface area contributed by atoms with Crippen LogP contribution in [0.4, 0.5) is 15.8 Å². The molecule has 2 fully saturated rings. The molecule has 9 heteroatoms. The Morgan fingerprint density at radius 2 is 1.73 bits per heavy atom. The molecular formula is C28H33FN4O4. The predicted octanol–water partition coefficient (Wildman–Crippen LogP) is 3.02. The molecule has 196 valence electrons. The highest BCUT2D eigenvalue weighted by Gasteiger charge is 2.39. The third-order valence-corrected chi connectivity index (χ3v) is 7.60. The molecule has 3 amide bonds. The lowest BCUT2D eigenvalue weighted by molar-refractivity contribution is -0.136. The molecule has 8 nitrogen and oxygen atoms in total. The molecule has 1 atom stereocenters. The molecule has 3 aliphatic rings. The Hall–Kier alpha value is -3.46. The van der Waals surface area contributed by atoms with E-state index in [1.807, 2.05) is 17.0 Å². The van der Waals surface area contributed by atoms with Gasteiger partial charge in [-0.3, -0.25) is 19.3 Å². The van der Waals surface area contributed by atoms with E-state index in [-0.39, 0.29) is 29.5 Å². The third-order valence-electron chi connectivity index (χ3n) is 7.60. The molecule has 0 aromatic heterocycles. The van der Waals surface area contributed by atoms with Crippen LogP contribution in [-0.4, -0.2) is 87.1 Å². The maximum absolute atomic E-state index is 13.5. The monoisotopic (exact) mass is 508 g/mol. The smallest absolute Gasteiger partial charge is 0.263 e. The Balaban J connectivity index is 1.24. The van der Waals surface area contributed by atoms with E-state index in [2.05, 4.69) is 9.80 Å². The number of carbonyl (C=O) groups is 3. The summed E-state index contributed by atoms with van der Waals surface area (Å²) in [5, 5.41) is 0. The molecular weight excluding hydrogens is 475 g/mol. The number of anilines is 2. The lowest BCUT2D eigenvalue weighted by atomic mass is 9.94. The normalized spacial score (nSPS) is 20.0. The first-order valence-corrected chi connectivity index (χ1v) is 13.0. The Labute approximate surface area is 216 Å². The summed E-state index contributed by atoms with van der Waals surface area (Å²) in [6.45, 7) is 4.72. The van der Waals surface area contributed by atoms with Crippen LogP contribution in [-0.2, 0) is 9.53 Å². The van der Waals surface area contributed by atoms with Crippen molar-refractivity contribution in [3.05, 3.63) is 59.4 Å². The summed E-state index contributed by atoms with van der Waals surface area (Å²) in [4.78, 5) is 47.1. The number of benzene rings is 2. The zero-order valence-electron chi connectivity index (χ0n) is 21.2. The molecule has 37 heavy (non-hydrogen) atoms. The number of rotatable bonds is 7. The molecule has 0 N–H and O–H groups in total. The van der Waals surface area contributed by atoms with E-state index in [0.717, 1.165) is 30.8 Å². The number of piperazine rings is 1. The van der Waals surface area contributed by atoms with Crippen LogP contribution in [0.2, 0.25) is 0 Å². The molecule has 3 heterocycles. The summed E-state index contributed by atoms with van der Waals surface area (Å²) in [6.07, 6.45) is 2.24. The van der Waals surface area contributed by atoms with E-state index in [4.69, 9.17) is 4.74 Å². The minimum Gasteiger partial charge on any atom is -0.385 e. The molecule has 0 radical (unpaired) electrons. The third kappa shape index (κ3) is 5.05. The zero-order chi connectivity index (χ0) is 25.9. The van der Waals surface area contributed by atoms with Gasteiger partial charge in [-0.15, -0.1) is 0 Å².